The lowest BCUT2D eigenvalue weighted by atomic mass is 10.1. The molecule has 6 nitrogen and oxygen atoms in total. The average molecular weight is 416 g/mol. The SMILES string of the molecule is COc1ccc(/C=N/NC(=O)C2CC(=O)N(c3ccc(Br)cc3)C2)cc1. The summed E-state index contributed by atoms with van der Waals surface area (Å²) in [5.74, 6) is 0.0113. The van der Waals surface area contributed by atoms with E-state index in [0.29, 0.717) is 6.54 Å². The van der Waals surface area contributed by atoms with Gasteiger partial charge < -0.3 is 9.64 Å². The number of carbonyl (C=O) groups is 2. The van der Waals surface area contributed by atoms with Gasteiger partial charge in [0.1, 0.15) is 5.75 Å². The number of hydrazone groups is 1. The predicted octanol–water partition coefficient (Wildman–Crippen LogP) is 2.96. The lowest BCUT2D eigenvalue weighted by Gasteiger charge is -2.16. The molecule has 0 bridgehead atoms. The van der Waals surface area contributed by atoms with Crippen LogP contribution in [0.4, 0.5) is 5.69 Å². The van der Waals surface area contributed by atoms with E-state index in [-0.39, 0.29) is 18.2 Å². The number of nitrogens with one attached hydrogen (secondary N) is 1. The molecule has 1 heterocycles. The van der Waals surface area contributed by atoms with Crippen LogP contribution in [0.1, 0.15) is 12.0 Å². The Morgan fingerprint density at radius 3 is 2.58 bits per heavy atom. The summed E-state index contributed by atoms with van der Waals surface area (Å²) in [5.41, 5.74) is 4.14. The third-order valence-corrected chi connectivity index (χ3v) is 4.67. The van der Waals surface area contributed by atoms with E-state index in [1.54, 1.807) is 18.2 Å². The highest BCUT2D eigenvalue weighted by molar-refractivity contribution is 9.10. The van der Waals surface area contributed by atoms with Crippen molar-refractivity contribution in [1.82, 2.24) is 5.43 Å². The zero-order valence-electron chi connectivity index (χ0n) is 14.2. The molecule has 0 aromatic heterocycles. The molecule has 1 saturated heterocycles. The number of halogens is 1. The van der Waals surface area contributed by atoms with Gasteiger partial charge >= 0.3 is 0 Å². The molecule has 134 valence electrons. The maximum Gasteiger partial charge on any atom is 0.245 e. The van der Waals surface area contributed by atoms with Crippen LogP contribution in [0.25, 0.3) is 0 Å². The summed E-state index contributed by atoms with van der Waals surface area (Å²) in [6.07, 6.45) is 1.74. The van der Waals surface area contributed by atoms with E-state index in [4.69, 9.17) is 4.74 Å². The van der Waals surface area contributed by atoms with E-state index < -0.39 is 5.92 Å². The largest absolute Gasteiger partial charge is 0.497 e. The number of methoxy groups -OCH3 is 1. The fourth-order valence-corrected chi connectivity index (χ4v) is 2.97. The number of hydrogen-bond acceptors (Lipinski definition) is 4. The van der Waals surface area contributed by atoms with Crippen LogP contribution in [0.15, 0.2) is 58.1 Å². The molecule has 1 fully saturated rings. The number of ether oxygens (including phenoxy) is 1. The first-order chi connectivity index (χ1) is 12.6. The monoisotopic (exact) mass is 415 g/mol. The van der Waals surface area contributed by atoms with E-state index >= 15 is 0 Å². The van der Waals surface area contributed by atoms with Gasteiger partial charge in [0.25, 0.3) is 0 Å². The Labute approximate surface area is 160 Å². The third-order valence-electron chi connectivity index (χ3n) is 4.14. The molecule has 0 radical (unpaired) electrons. The Balaban J connectivity index is 1.57. The zero-order valence-corrected chi connectivity index (χ0v) is 15.8. The molecule has 1 aliphatic rings. The average Bonchev–Trinajstić information content (AvgIpc) is 3.05. The van der Waals surface area contributed by atoms with Gasteiger partial charge in [-0.25, -0.2) is 5.43 Å². The third kappa shape index (κ3) is 4.29. The molecule has 1 unspecified atom stereocenters. The molecule has 7 heteroatoms. The molecule has 1 aliphatic heterocycles. The van der Waals surface area contributed by atoms with Crippen molar-refractivity contribution in [2.24, 2.45) is 11.0 Å². The summed E-state index contributed by atoms with van der Waals surface area (Å²) in [4.78, 5) is 26.1. The van der Waals surface area contributed by atoms with E-state index in [1.165, 1.54) is 0 Å². The first-order valence-corrected chi connectivity index (χ1v) is 8.89. The molecule has 2 aromatic rings. The minimum absolute atomic E-state index is 0.0633. The van der Waals surface area contributed by atoms with Crippen LogP contribution in [0.2, 0.25) is 0 Å². The normalized spacial score (nSPS) is 16.9. The number of amides is 2. The maximum absolute atomic E-state index is 12.3. The van der Waals surface area contributed by atoms with Gasteiger partial charge in [0, 0.05) is 23.1 Å². The summed E-state index contributed by atoms with van der Waals surface area (Å²) < 4.78 is 6.03. The van der Waals surface area contributed by atoms with Crippen LogP contribution in [0.5, 0.6) is 5.75 Å². The number of benzene rings is 2. The minimum Gasteiger partial charge on any atom is -0.497 e. The Morgan fingerprint density at radius 2 is 1.92 bits per heavy atom. The smallest absolute Gasteiger partial charge is 0.245 e. The highest BCUT2D eigenvalue weighted by Crippen LogP contribution is 2.26. The fourth-order valence-electron chi connectivity index (χ4n) is 2.71. The Bertz CT molecular complexity index is 819. The van der Waals surface area contributed by atoms with Crippen molar-refractivity contribution in [3.8, 4) is 5.75 Å². The first kappa shape index (κ1) is 18.1. The quantitative estimate of drug-likeness (QED) is 0.602. The van der Waals surface area contributed by atoms with Crippen molar-refractivity contribution in [2.45, 2.75) is 6.42 Å². The first-order valence-electron chi connectivity index (χ1n) is 8.09. The second kappa shape index (κ2) is 8.14. The molecule has 1 atom stereocenters. The molecule has 1 N–H and O–H groups in total. The standard InChI is InChI=1S/C19H18BrN3O3/c1-26-17-8-2-13(3-9-17)11-21-22-19(25)14-10-18(24)23(12-14)16-6-4-15(20)5-7-16/h2-9,11,14H,10,12H2,1H3,(H,22,25)/b21-11+. The van der Waals surface area contributed by atoms with Gasteiger partial charge in [-0.2, -0.15) is 5.10 Å². The summed E-state index contributed by atoms with van der Waals surface area (Å²) in [7, 11) is 1.60. The highest BCUT2D eigenvalue weighted by Gasteiger charge is 2.35. The summed E-state index contributed by atoms with van der Waals surface area (Å²) in [6.45, 7) is 0.352. The second-order valence-electron chi connectivity index (χ2n) is 5.89. The maximum atomic E-state index is 12.3. The number of rotatable bonds is 5. The van der Waals surface area contributed by atoms with Crippen molar-refractivity contribution < 1.29 is 14.3 Å². The van der Waals surface area contributed by atoms with Crippen LogP contribution < -0.4 is 15.1 Å². The fraction of sp³-hybridized carbons (Fsp3) is 0.211. The van der Waals surface area contributed by atoms with Gasteiger partial charge in [-0.3, -0.25) is 9.59 Å². The number of hydrogen-bond donors (Lipinski definition) is 1. The molecular weight excluding hydrogens is 398 g/mol. The number of anilines is 1. The van der Waals surface area contributed by atoms with E-state index in [1.807, 2.05) is 48.5 Å². The summed E-state index contributed by atoms with van der Waals surface area (Å²) in [6, 6.07) is 14.7. The molecule has 0 spiro atoms. The lowest BCUT2D eigenvalue weighted by molar-refractivity contribution is -0.126. The van der Waals surface area contributed by atoms with Gasteiger partial charge in [0.2, 0.25) is 11.8 Å². The predicted molar refractivity (Wildman–Crippen MR) is 103 cm³/mol. The second-order valence-corrected chi connectivity index (χ2v) is 6.80. The van der Waals surface area contributed by atoms with Gasteiger partial charge in [0.15, 0.2) is 0 Å². The van der Waals surface area contributed by atoms with Crippen LogP contribution in [0, 0.1) is 5.92 Å². The number of carbonyl (C=O) groups excluding carboxylic acids is 2. The van der Waals surface area contributed by atoms with Gasteiger partial charge in [-0.15, -0.1) is 0 Å². The van der Waals surface area contributed by atoms with Crippen LogP contribution in [-0.2, 0) is 9.59 Å². The van der Waals surface area contributed by atoms with Gasteiger partial charge in [0.05, 0.1) is 19.2 Å². The van der Waals surface area contributed by atoms with Gasteiger partial charge in [-0.05, 0) is 54.1 Å². The number of nitrogens with zero attached hydrogens (tertiary/aromatic N) is 2. The molecule has 0 aliphatic carbocycles. The van der Waals surface area contributed by atoms with E-state index in [2.05, 4.69) is 26.5 Å². The lowest BCUT2D eigenvalue weighted by Crippen LogP contribution is -2.30. The zero-order chi connectivity index (χ0) is 18.5. The van der Waals surface area contributed by atoms with Crippen LogP contribution in [0.3, 0.4) is 0 Å². The van der Waals surface area contributed by atoms with Crippen molar-refractivity contribution in [1.29, 1.82) is 0 Å². The van der Waals surface area contributed by atoms with Gasteiger partial charge in [-0.1, -0.05) is 15.9 Å². The molecular formula is C19H18BrN3O3. The Morgan fingerprint density at radius 1 is 1.23 bits per heavy atom. The Hall–Kier alpha value is -2.67. The van der Waals surface area contributed by atoms with Crippen molar-refractivity contribution in [2.75, 3.05) is 18.6 Å². The molecule has 2 aromatic carbocycles. The van der Waals surface area contributed by atoms with Crippen molar-refractivity contribution >= 4 is 39.6 Å². The Kier molecular flexibility index (Phi) is 5.68. The van der Waals surface area contributed by atoms with Crippen molar-refractivity contribution in [3.63, 3.8) is 0 Å². The van der Waals surface area contributed by atoms with Crippen LogP contribution in [-0.4, -0.2) is 31.7 Å². The molecule has 2 amide bonds. The van der Waals surface area contributed by atoms with E-state index in [0.717, 1.165) is 21.5 Å². The topological polar surface area (TPSA) is 71.0 Å². The molecule has 0 saturated carbocycles. The summed E-state index contributed by atoms with van der Waals surface area (Å²) in [5, 5.41) is 3.97. The molecule has 3 rings (SSSR count). The van der Waals surface area contributed by atoms with E-state index in [9.17, 15) is 9.59 Å². The van der Waals surface area contributed by atoms with Crippen molar-refractivity contribution in [3.05, 3.63) is 58.6 Å². The van der Waals surface area contributed by atoms with Crippen LogP contribution >= 0.6 is 15.9 Å². The minimum atomic E-state index is -0.417. The highest BCUT2D eigenvalue weighted by atomic mass is 79.9. The molecule has 26 heavy (non-hydrogen) atoms. The summed E-state index contributed by atoms with van der Waals surface area (Å²) >= 11 is 3.37.